The Morgan fingerprint density at radius 3 is 2.15 bits per heavy atom. The number of hydrogen-bond donors (Lipinski definition) is 0. The first-order valence-corrected chi connectivity index (χ1v) is 14.6. The van der Waals surface area contributed by atoms with Gasteiger partial charge in [0.1, 0.15) is 11.5 Å². The van der Waals surface area contributed by atoms with E-state index in [9.17, 15) is 18.0 Å². The smallest absolute Gasteiger partial charge is 0.243 e. The summed E-state index contributed by atoms with van der Waals surface area (Å²) < 4.78 is 32.6. The topological polar surface area (TPSA) is 90.5 Å². The zero-order chi connectivity index (χ0) is 28.9. The van der Waals surface area contributed by atoms with Crippen LogP contribution < -0.4 is 9.64 Å². The normalized spacial score (nSPS) is 15.7. The highest BCUT2D eigenvalue weighted by atomic mass is 32.2. The number of hydrogen-bond acceptors (Lipinski definition) is 7. The van der Waals surface area contributed by atoms with Gasteiger partial charge in [0.05, 0.1) is 18.6 Å². The monoisotopic (exact) mass is 558 g/mol. The van der Waals surface area contributed by atoms with E-state index in [2.05, 4.69) is 36.0 Å². The third-order valence-electron chi connectivity index (χ3n) is 7.40. The van der Waals surface area contributed by atoms with Crippen LogP contribution in [0, 0.1) is 13.8 Å². The molecular weight excluding hydrogens is 516 g/mol. The highest BCUT2D eigenvalue weighted by Gasteiger charge is 2.27. The lowest BCUT2D eigenvalue weighted by atomic mass is 10.1. The Bertz CT molecular complexity index is 1250. The molecule has 1 atom stereocenters. The molecule has 0 aliphatic carbocycles. The number of carbonyl (C=O) groups is 2. The average Bonchev–Trinajstić information content (AvgIpc) is 3.37. The SMILES string of the molecule is COc1cc(C)c(S(=O)(=O)N(C)CC(=O)CCC(=O)N(C)Cc2ccc(N3CCC(N(C)C)C3)cc2)c(C)c1. The lowest BCUT2D eigenvalue weighted by molar-refractivity contribution is -0.132. The van der Waals surface area contributed by atoms with Gasteiger partial charge in [0.2, 0.25) is 15.9 Å². The summed E-state index contributed by atoms with van der Waals surface area (Å²) in [6.45, 7) is 5.59. The van der Waals surface area contributed by atoms with E-state index in [1.54, 1.807) is 37.9 Å². The van der Waals surface area contributed by atoms with Crippen molar-refractivity contribution in [2.45, 2.75) is 50.6 Å². The highest BCUT2D eigenvalue weighted by molar-refractivity contribution is 7.89. The minimum absolute atomic E-state index is 0.0233. The van der Waals surface area contributed by atoms with E-state index in [0.717, 1.165) is 29.4 Å². The maximum Gasteiger partial charge on any atom is 0.243 e. The Morgan fingerprint density at radius 1 is 1.00 bits per heavy atom. The quantitative estimate of drug-likeness (QED) is 0.396. The molecule has 0 aromatic heterocycles. The van der Waals surface area contributed by atoms with Gasteiger partial charge in [0.15, 0.2) is 0 Å². The number of likely N-dealkylation sites (N-methyl/N-ethyl adjacent to an activating group) is 2. The molecule has 1 unspecified atom stereocenters. The molecule has 2 aromatic carbocycles. The van der Waals surface area contributed by atoms with E-state index >= 15 is 0 Å². The van der Waals surface area contributed by atoms with Gasteiger partial charge in [-0.15, -0.1) is 0 Å². The summed E-state index contributed by atoms with van der Waals surface area (Å²) in [4.78, 5) is 31.7. The summed E-state index contributed by atoms with van der Waals surface area (Å²) in [5, 5.41) is 0. The van der Waals surface area contributed by atoms with Crippen molar-refractivity contribution in [3.05, 3.63) is 53.1 Å². The van der Waals surface area contributed by atoms with Gasteiger partial charge in [-0.3, -0.25) is 9.59 Å². The van der Waals surface area contributed by atoms with Crippen LogP contribution in [0.5, 0.6) is 5.75 Å². The standard InChI is InChI=1S/C29H42N4O5S/c1-21-16-27(38-7)17-22(2)29(21)39(36,37)32(6)20-26(34)12-13-28(35)31(5)18-23-8-10-24(11-9-23)33-15-14-25(19-33)30(3)4/h8-11,16-17,25H,12-15,18-20H2,1-7H3. The Labute approximate surface area is 233 Å². The van der Waals surface area contributed by atoms with Crippen molar-refractivity contribution >= 4 is 27.4 Å². The van der Waals surface area contributed by atoms with E-state index in [1.807, 2.05) is 12.1 Å². The fourth-order valence-corrected chi connectivity index (χ4v) is 6.57. The Hall–Kier alpha value is -2.95. The number of benzene rings is 2. The van der Waals surface area contributed by atoms with Gasteiger partial charge in [-0.25, -0.2) is 8.42 Å². The minimum Gasteiger partial charge on any atom is -0.497 e. The van der Waals surface area contributed by atoms with E-state index < -0.39 is 10.0 Å². The lowest BCUT2D eigenvalue weighted by Crippen LogP contribution is -2.34. The Balaban J connectivity index is 1.50. The third kappa shape index (κ3) is 7.58. The van der Waals surface area contributed by atoms with Crippen LogP contribution in [0.25, 0.3) is 0 Å². The molecule has 3 rings (SSSR count). The number of nitrogens with zero attached hydrogens (tertiary/aromatic N) is 4. The molecule has 1 aliphatic heterocycles. The van der Waals surface area contributed by atoms with Crippen molar-refractivity contribution in [1.82, 2.24) is 14.1 Å². The Kier molecular flexibility index (Phi) is 10.1. The molecule has 214 valence electrons. The number of Topliss-reactive ketones (excluding diaryl/α,β-unsaturated/α-hetero) is 1. The van der Waals surface area contributed by atoms with Gasteiger partial charge in [-0.1, -0.05) is 12.1 Å². The molecule has 1 amide bonds. The van der Waals surface area contributed by atoms with Crippen LogP contribution in [-0.2, 0) is 26.2 Å². The highest BCUT2D eigenvalue weighted by Crippen LogP contribution is 2.28. The first-order valence-electron chi connectivity index (χ1n) is 13.2. The molecule has 1 fully saturated rings. The van der Waals surface area contributed by atoms with E-state index in [4.69, 9.17) is 4.74 Å². The summed E-state index contributed by atoms with van der Waals surface area (Å²) >= 11 is 0. The molecular formula is C29H42N4O5S. The van der Waals surface area contributed by atoms with Crippen molar-refractivity contribution in [2.75, 3.05) is 59.8 Å². The van der Waals surface area contributed by atoms with Crippen molar-refractivity contribution < 1.29 is 22.7 Å². The number of methoxy groups -OCH3 is 1. The molecule has 9 nitrogen and oxygen atoms in total. The number of carbonyl (C=O) groups excluding carboxylic acids is 2. The number of rotatable bonds is 12. The minimum atomic E-state index is -3.88. The van der Waals surface area contributed by atoms with Crippen LogP contribution >= 0.6 is 0 Å². The van der Waals surface area contributed by atoms with Crippen molar-refractivity contribution in [3.63, 3.8) is 0 Å². The molecule has 2 aromatic rings. The van der Waals surface area contributed by atoms with Crippen LogP contribution in [0.4, 0.5) is 5.69 Å². The van der Waals surface area contributed by atoms with Gasteiger partial charge in [0, 0.05) is 58.3 Å². The second kappa shape index (κ2) is 12.9. The summed E-state index contributed by atoms with van der Waals surface area (Å²) in [5.41, 5.74) is 3.30. The van der Waals surface area contributed by atoms with Crippen LogP contribution in [0.15, 0.2) is 41.3 Å². The number of anilines is 1. The number of ether oxygens (including phenoxy) is 1. The van der Waals surface area contributed by atoms with Crippen LogP contribution in [0.1, 0.15) is 36.0 Å². The summed E-state index contributed by atoms with van der Waals surface area (Å²) in [5.74, 6) is 0.108. The second-order valence-corrected chi connectivity index (χ2v) is 12.6. The number of aryl methyl sites for hydroxylation is 2. The van der Waals surface area contributed by atoms with E-state index in [0.29, 0.717) is 29.5 Å². The average molecular weight is 559 g/mol. The van der Waals surface area contributed by atoms with Crippen molar-refractivity contribution in [2.24, 2.45) is 0 Å². The molecule has 10 heteroatoms. The molecule has 39 heavy (non-hydrogen) atoms. The van der Waals surface area contributed by atoms with Gasteiger partial charge in [-0.05, 0) is 75.3 Å². The predicted molar refractivity (Wildman–Crippen MR) is 154 cm³/mol. The molecule has 0 radical (unpaired) electrons. The van der Waals surface area contributed by atoms with E-state index in [-0.39, 0.29) is 36.0 Å². The first-order chi connectivity index (χ1) is 18.3. The van der Waals surface area contributed by atoms with Crippen LogP contribution in [0.3, 0.4) is 0 Å². The van der Waals surface area contributed by atoms with Crippen LogP contribution in [-0.4, -0.2) is 95.2 Å². The summed E-state index contributed by atoms with van der Waals surface area (Å²) in [7, 11) is 4.98. The molecule has 1 heterocycles. The van der Waals surface area contributed by atoms with Crippen LogP contribution in [0.2, 0.25) is 0 Å². The molecule has 0 bridgehead atoms. The van der Waals surface area contributed by atoms with Crippen molar-refractivity contribution in [1.29, 1.82) is 0 Å². The molecule has 0 saturated carbocycles. The zero-order valence-corrected chi connectivity index (χ0v) is 25.0. The van der Waals surface area contributed by atoms with Gasteiger partial charge in [-0.2, -0.15) is 4.31 Å². The summed E-state index contributed by atoms with van der Waals surface area (Å²) in [6.07, 6.45) is 1.15. The van der Waals surface area contributed by atoms with E-state index in [1.165, 1.54) is 19.8 Å². The second-order valence-electron chi connectivity index (χ2n) is 10.7. The maximum atomic E-state index is 13.2. The zero-order valence-electron chi connectivity index (χ0n) is 24.2. The molecule has 0 N–H and O–H groups in total. The molecule has 1 saturated heterocycles. The van der Waals surface area contributed by atoms with Crippen molar-refractivity contribution in [3.8, 4) is 5.75 Å². The molecule has 1 aliphatic rings. The fourth-order valence-electron chi connectivity index (χ4n) is 5.01. The predicted octanol–water partition coefficient (Wildman–Crippen LogP) is 3.08. The maximum absolute atomic E-state index is 13.2. The number of sulfonamides is 1. The number of amides is 1. The van der Waals surface area contributed by atoms with Gasteiger partial charge >= 0.3 is 0 Å². The lowest BCUT2D eigenvalue weighted by Gasteiger charge is -2.22. The Morgan fingerprint density at radius 2 is 1.62 bits per heavy atom. The largest absolute Gasteiger partial charge is 0.497 e. The van der Waals surface area contributed by atoms with Gasteiger partial charge in [0.25, 0.3) is 0 Å². The third-order valence-corrected chi connectivity index (χ3v) is 9.50. The number of ketones is 1. The fraction of sp³-hybridized carbons (Fsp3) is 0.517. The van der Waals surface area contributed by atoms with Gasteiger partial charge < -0.3 is 19.4 Å². The molecule has 0 spiro atoms. The first kappa shape index (κ1) is 30.6. The summed E-state index contributed by atoms with van der Waals surface area (Å²) in [6, 6.07) is 12.1.